The number of nitro groups is 1. The molecule has 0 unspecified atom stereocenters. The van der Waals surface area contributed by atoms with Crippen molar-refractivity contribution in [2.24, 2.45) is 0 Å². The third-order valence-corrected chi connectivity index (χ3v) is 4.85. The molecule has 6 nitrogen and oxygen atoms in total. The van der Waals surface area contributed by atoms with E-state index in [1.165, 1.54) is 6.07 Å². The Morgan fingerprint density at radius 3 is 2.52 bits per heavy atom. The summed E-state index contributed by atoms with van der Waals surface area (Å²) in [5.74, 6) is -0.597. The number of benzene rings is 2. The van der Waals surface area contributed by atoms with Gasteiger partial charge in [0.05, 0.1) is 10.5 Å². The topological polar surface area (TPSA) is 72.7 Å². The molecular formula is C20H21ClN2O4. The van der Waals surface area contributed by atoms with E-state index in [2.05, 4.69) is 0 Å². The van der Waals surface area contributed by atoms with Crippen molar-refractivity contribution in [3.8, 4) is 0 Å². The average Bonchev–Trinajstić information content (AvgIpc) is 2.95. The highest BCUT2D eigenvalue weighted by molar-refractivity contribution is 6.30. The van der Waals surface area contributed by atoms with Crippen LogP contribution in [0.3, 0.4) is 0 Å². The van der Waals surface area contributed by atoms with Gasteiger partial charge in [0.25, 0.3) is 5.69 Å². The molecule has 1 aliphatic heterocycles. The molecule has 1 fully saturated rings. The zero-order valence-corrected chi connectivity index (χ0v) is 15.7. The quantitative estimate of drug-likeness (QED) is 0.410. The molecule has 0 radical (unpaired) electrons. The number of nitrogens with zero attached hydrogens (tertiary/aromatic N) is 2. The van der Waals surface area contributed by atoms with Crippen LogP contribution in [0.4, 0.5) is 11.4 Å². The van der Waals surface area contributed by atoms with Crippen molar-refractivity contribution in [2.45, 2.75) is 32.3 Å². The third-order valence-electron chi connectivity index (χ3n) is 4.61. The fourth-order valence-corrected chi connectivity index (χ4v) is 3.45. The van der Waals surface area contributed by atoms with Crippen molar-refractivity contribution >= 4 is 28.9 Å². The molecule has 2 aromatic carbocycles. The number of nitro benzene ring substituents is 1. The molecule has 1 aliphatic rings. The van der Waals surface area contributed by atoms with Gasteiger partial charge in [-0.2, -0.15) is 0 Å². The lowest BCUT2D eigenvalue weighted by atomic mass is 10.1. The van der Waals surface area contributed by atoms with Gasteiger partial charge in [-0.1, -0.05) is 36.6 Å². The van der Waals surface area contributed by atoms with Crippen LogP contribution in [0, 0.1) is 10.1 Å². The molecule has 0 bridgehead atoms. The molecule has 0 aliphatic carbocycles. The van der Waals surface area contributed by atoms with Crippen LogP contribution in [0.1, 0.15) is 41.6 Å². The smallest absolute Gasteiger partial charge is 0.338 e. The summed E-state index contributed by atoms with van der Waals surface area (Å²) in [6.07, 6.45) is 4.30. The number of ether oxygens (including phenoxy) is 1. The van der Waals surface area contributed by atoms with E-state index in [-0.39, 0.29) is 17.9 Å². The lowest BCUT2D eigenvalue weighted by Crippen LogP contribution is -2.24. The maximum Gasteiger partial charge on any atom is 0.338 e. The van der Waals surface area contributed by atoms with Crippen LogP contribution in [-0.4, -0.2) is 24.0 Å². The molecule has 0 N–H and O–H groups in total. The van der Waals surface area contributed by atoms with E-state index in [0.717, 1.165) is 44.3 Å². The predicted octanol–water partition coefficient (Wildman–Crippen LogP) is 4.99. The summed E-state index contributed by atoms with van der Waals surface area (Å²) < 4.78 is 5.28. The van der Waals surface area contributed by atoms with Crippen molar-refractivity contribution in [3.05, 3.63) is 68.7 Å². The van der Waals surface area contributed by atoms with E-state index < -0.39 is 10.9 Å². The first-order valence-electron chi connectivity index (χ1n) is 8.99. The SMILES string of the molecule is O=C(OCc1cccc(Cl)c1)c1ccc(N2CCCCCC2)c([N+](=O)[O-])c1. The second-order valence-corrected chi connectivity index (χ2v) is 7.00. The maximum absolute atomic E-state index is 12.3. The monoisotopic (exact) mass is 388 g/mol. The molecule has 7 heteroatoms. The Hall–Kier alpha value is -2.60. The van der Waals surface area contributed by atoms with E-state index in [1.807, 2.05) is 4.90 Å². The normalized spacial score (nSPS) is 14.5. The minimum Gasteiger partial charge on any atom is -0.457 e. The lowest BCUT2D eigenvalue weighted by molar-refractivity contribution is -0.384. The van der Waals surface area contributed by atoms with E-state index in [0.29, 0.717) is 10.7 Å². The minimum absolute atomic E-state index is 0.0566. The van der Waals surface area contributed by atoms with Crippen LogP contribution in [0.2, 0.25) is 5.02 Å². The highest BCUT2D eigenvalue weighted by atomic mass is 35.5. The fourth-order valence-electron chi connectivity index (χ4n) is 3.23. The molecular weight excluding hydrogens is 368 g/mol. The summed E-state index contributed by atoms with van der Waals surface area (Å²) in [7, 11) is 0. The van der Waals surface area contributed by atoms with Crippen molar-refractivity contribution < 1.29 is 14.5 Å². The Morgan fingerprint density at radius 1 is 1.11 bits per heavy atom. The Balaban J connectivity index is 1.76. The largest absolute Gasteiger partial charge is 0.457 e. The Bertz CT molecular complexity index is 832. The summed E-state index contributed by atoms with van der Waals surface area (Å²) in [5, 5.41) is 12.1. The first-order chi connectivity index (χ1) is 13.0. The van der Waals surface area contributed by atoms with Crippen molar-refractivity contribution in [3.63, 3.8) is 0 Å². The van der Waals surface area contributed by atoms with E-state index in [1.54, 1.807) is 36.4 Å². The van der Waals surface area contributed by atoms with Gasteiger partial charge in [-0.3, -0.25) is 10.1 Å². The molecule has 0 amide bonds. The summed E-state index contributed by atoms with van der Waals surface area (Å²) >= 11 is 5.92. The zero-order valence-electron chi connectivity index (χ0n) is 14.9. The van der Waals surface area contributed by atoms with Gasteiger partial charge in [0.2, 0.25) is 0 Å². The molecule has 142 valence electrons. The Morgan fingerprint density at radius 2 is 1.85 bits per heavy atom. The summed E-state index contributed by atoms with van der Waals surface area (Å²) in [6, 6.07) is 11.6. The number of anilines is 1. The highest BCUT2D eigenvalue weighted by Crippen LogP contribution is 2.31. The van der Waals surface area contributed by atoms with Gasteiger partial charge in [0.1, 0.15) is 12.3 Å². The molecule has 0 saturated carbocycles. The summed E-state index contributed by atoms with van der Waals surface area (Å²) in [5.41, 5.74) is 1.43. The van der Waals surface area contributed by atoms with Crippen LogP contribution < -0.4 is 4.90 Å². The van der Waals surface area contributed by atoms with E-state index in [4.69, 9.17) is 16.3 Å². The number of carbonyl (C=O) groups excluding carboxylic acids is 1. The summed E-state index contributed by atoms with van der Waals surface area (Å²) in [4.78, 5) is 25.5. The Labute approximate surface area is 162 Å². The van der Waals surface area contributed by atoms with E-state index in [9.17, 15) is 14.9 Å². The second-order valence-electron chi connectivity index (χ2n) is 6.57. The lowest BCUT2D eigenvalue weighted by Gasteiger charge is -2.22. The van der Waals surface area contributed by atoms with Gasteiger partial charge < -0.3 is 9.64 Å². The van der Waals surface area contributed by atoms with Crippen LogP contribution >= 0.6 is 11.6 Å². The molecule has 0 spiro atoms. The second kappa shape index (κ2) is 8.86. The molecule has 1 heterocycles. The number of carbonyl (C=O) groups is 1. The fraction of sp³-hybridized carbons (Fsp3) is 0.350. The molecule has 1 saturated heterocycles. The van der Waals surface area contributed by atoms with Gasteiger partial charge in [-0.05, 0) is 42.7 Å². The number of hydrogen-bond donors (Lipinski definition) is 0. The number of hydrogen-bond acceptors (Lipinski definition) is 5. The van der Waals surface area contributed by atoms with Gasteiger partial charge in [0, 0.05) is 24.2 Å². The van der Waals surface area contributed by atoms with Crippen molar-refractivity contribution in [1.82, 2.24) is 0 Å². The molecule has 0 atom stereocenters. The number of rotatable bonds is 5. The van der Waals surface area contributed by atoms with Gasteiger partial charge in [0.15, 0.2) is 0 Å². The molecule has 3 rings (SSSR count). The first kappa shape index (κ1) is 19.2. The van der Waals surface area contributed by atoms with Crippen LogP contribution in [-0.2, 0) is 11.3 Å². The zero-order chi connectivity index (χ0) is 19.2. The number of esters is 1. The Kier molecular flexibility index (Phi) is 6.29. The maximum atomic E-state index is 12.3. The molecule has 27 heavy (non-hydrogen) atoms. The summed E-state index contributed by atoms with van der Waals surface area (Å²) in [6.45, 7) is 1.64. The van der Waals surface area contributed by atoms with Crippen LogP contribution in [0.15, 0.2) is 42.5 Å². The van der Waals surface area contributed by atoms with Crippen molar-refractivity contribution in [1.29, 1.82) is 0 Å². The van der Waals surface area contributed by atoms with Crippen LogP contribution in [0.5, 0.6) is 0 Å². The third kappa shape index (κ3) is 4.98. The van der Waals surface area contributed by atoms with Crippen LogP contribution in [0.25, 0.3) is 0 Å². The van der Waals surface area contributed by atoms with Crippen molar-refractivity contribution in [2.75, 3.05) is 18.0 Å². The number of halogens is 1. The predicted molar refractivity (Wildman–Crippen MR) is 104 cm³/mol. The van der Waals surface area contributed by atoms with E-state index >= 15 is 0 Å². The highest BCUT2D eigenvalue weighted by Gasteiger charge is 2.23. The first-order valence-corrected chi connectivity index (χ1v) is 9.37. The van der Waals surface area contributed by atoms with Gasteiger partial charge >= 0.3 is 5.97 Å². The van der Waals surface area contributed by atoms with Gasteiger partial charge in [-0.15, -0.1) is 0 Å². The minimum atomic E-state index is -0.597. The molecule has 2 aromatic rings. The average molecular weight is 389 g/mol. The standard InChI is InChI=1S/C20H21ClN2O4/c21-17-7-5-6-15(12-17)14-27-20(24)16-8-9-18(19(13-16)23(25)26)22-10-3-1-2-4-11-22/h5-9,12-13H,1-4,10-11,14H2. The molecule has 0 aromatic heterocycles. The van der Waals surface area contributed by atoms with Gasteiger partial charge in [-0.25, -0.2) is 4.79 Å².